The molecular weight excluding hydrogens is 208 g/mol. The van der Waals surface area contributed by atoms with Crippen LogP contribution >= 0.6 is 0 Å². The molecule has 1 rings (SSSR count). The lowest BCUT2D eigenvalue weighted by Crippen LogP contribution is -2.54. The predicted octanol–water partition coefficient (Wildman–Crippen LogP) is 2.50. The van der Waals surface area contributed by atoms with Crippen molar-refractivity contribution in [3.63, 3.8) is 0 Å². The lowest BCUT2D eigenvalue weighted by molar-refractivity contribution is 0.0754. The minimum atomic E-state index is 0.369. The van der Waals surface area contributed by atoms with Crippen molar-refractivity contribution in [2.45, 2.75) is 51.0 Å². The lowest BCUT2D eigenvalue weighted by atomic mass is 9.75. The summed E-state index contributed by atoms with van der Waals surface area (Å²) in [5, 5.41) is 3.60. The van der Waals surface area contributed by atoms with Crippen LogP contribution in [0.5, 0.6) is 0 Å². The first-order valence-corrected chi connectivity index (χ1v) is 6.92. The van der Waals surface area contributed by atoms with Crippen LogP contribution in [-0.2, 0) is 0 Å². The van der Waals surface area contributed by atoms with E-state index in [1.807, 2.05) is 0 Å². The second-order valence-electron chi connectivity index (χ2n) is 5.80. The largest absolute Gasteiger partial charge is 0.315 e. The molecule has 1 fully saturated rings. The summed E-state index contributed by atoms with van der Waals surface area (Å²) < 4.78 is 0. The van der Waals surface area contributed by atoms with Crippen molar-refractivity contribution in [1.29, 1.82) is 0 Å². The first-order chi connectivity index (χ1) is 8.10. The number of rotatable bonds is 6. The highest BCUT2D eigenvalue weighted by atomic mass is 15.2. The third kappa shape index (κ3) is 4.33. The van der Waals surface area contributed by atoms with Gasteiger partial charge in [0.25, 0.3) is 0 Å². The number of likely N-dealkylation sites (N-methyl/N-ethyl adjacent to an activating group) is 1. The van der Waals surface area contributed by atoms with Gasteiger partial charge in [-0.1, -0.05) is 19.8 Å². The normalized spacial score (nSPS) is 29.2. The van der Waals surface area contributed by atoms with Crippen LogP contribution in [0.4, 0.5) is 0 Å². The van der Waals surface area contributed by atoms with Crippen LogP contribution in [0.3, 0.4) is 0 Å². The molecule has 0 aromatic carbocycles. The number of terminal acetylenes is 1. The summed E-state index contributed by atoms with van der Waals surface area (Å²) in [6.45, 7) is 4.54. The van der Waals surface area contributed by atoms with E-state index in [-0.39, 0.29) is 0 Å². The monoisotopic (exact) mass is 236 g/mol. The summed E-state index contributed by atoms with van der Waals surface area (Å²) in [7, 11) is 4.45. The SMILES string of the molecule is C#CCCCNCC1(N(C)C)CCCC(C)C1. The summed E-state index contributed by atoms with van der Waals surface area (Å²) in [5.41, 5.74) is 0.369. The Morgan fingerprint density at radius 2 is 2.24 bits per heavy atom. The highest BCUT2D eigenvalue weighted by Crippen LogP contribution is 2.35. The van der Waals surface area contributed by atoms with Crippen molar-refractivity contribution >= 4 is 0 Å². The first kappa shape index (κ1) is 14.5. The summed E-state index contributed by atoms with van der Waals surface area (Å²) in [5.74, 6) is 3.55. The molecule has 1 N–H and O–H groups in total. The second-order valence-corrected chi connectivity index (χ2v) is 5.80. The van der Waals surface area contributed by atoms with Gasteiger partial charge in [-0.25, -0.2) is 0 Å². The van der Waals surface area contributed by atoms with E-state index < -0.39 is 0 Å². The fourth-order valence-corrected chi connectivity index (χ4v) is 2.99. The maximum atomic E-state index is 5.26. The average Bonchev–Trinajstić information content (AvgIpc) is 2.28. The Kier molecular flexibility index (Phi) is 6.02. The molecule has 1 aliphatic carbocycles. The van der Waals surface area contributed by atoms with Gasteiger partial charge in [0, 0.05) is 18.5 Å². The van der Waals surface area contributed by atoms with Crippen LogP contribution in [0.1, 0.15) is 45.4 Å². The molecule has 98 valence electrons. The molecule has 0 aliphatic heterocycles. The highest BCUT2D eigenvalue weighted by molar-refractivity contribution is 4.94. The molecule has 0 aromatic rings. The van der Waals surface area contributed by atoms with Gasteiger partial charge in [0.2, 0.25) is 0 Å². The molecule has 2 nitrogen and oxygen atoms in total. The molecule has 0 amide bonds. The summed E-state index contributed by atoms with van der Waals surface area (Å²) in [6.07, 6.45) is 12.6. The van der Waals surface area contributed by atoms with Gasteiger partial charge >= 0.3 is 0 Å². The fourth-order valence-electron chi connectivity index (χ4n) is 2.99. The van der Waals surface area contributed by atoms with Gasteiger partial charge in [0.15, 0.2) is 0 Å². The Hall–Kier alpha value is -0.520. The van der Waals surface area contributed by atoms with Gasteiger partial charge in [-0.05, 0) is 45.8 Å². The van der Waals surface area contributed by atoms with Gasteiger partial charge in [-0.15, -0.1) is 12.3 Å². The Bertz CT molecular complexity index is 254. The van der Waals surface area contributed by atoms with Crippen molar-refractivity contribution < 1.29 is 0 Å². The Balaban J connectivity index is 2.40. The van der Waals surface area contributed by atoms with Crippen LogP contribution in [0.15, 0.2) is 0 Å². The van der Waals surface area contributed by atoms with E-state index in [4.69, 9.17) is 6.42 Å². The van der Waals surface area contributed by atoms with E-state index in [2.05, 4.69) is 37.2 Å². The third-order valence-electron chi connectivity index (χ3n) is 4.14. The van der Waals surface area contributed by atoms with Gasteiger partial charge in [-0.2, -0.15) is 0 Å². The van der Waals surface area contributed by atoms with Crippen molar-refractivity contribution in [1.82, 2.24) is 10.2 Å². The Labute approximate surface area is 107 Å². The van der Waals surface area contributed by atoms with E-state index >= 15 is 0 Å². The number of unbranched alkanes of at least 4 members (excludes halogenated alkanes) is 1. The zero-order valence-corrected chi connectivity index (χ0v) is 11.8. The number of nitrogens with zero attached hydrogens (tertiary/aromatic N) is 1. The van der Waals surface area contributed by atoms with Crippen LogP contribution < -0.4 is 5.32 Å². The van der Waals surface area contributed by atoms with Gasteiger partial charge in [-0.3, -0.25) is 0 Å². The molecule has 0 heterocycles. The lowest BCUT2D eigenvalue weighted by Gasteiger charge is -2.45. The molecule has 0 radical (unpaired) electrons. The predicted molar refractivity (Wildman–Crippen MR) is 75.0 cm³/mol. The van der Waals surface area contributed by atoms with E-state index in [9.17, 15) is 0 Å². The van der Waals surface area contributed by atoms with Crippen LogP contribution in [0.25, 0.3) is 0 Å². The Morgan fingerprint density at radius 1 is 1.47 bits per heavy atom. The number of nitrogens with one attached hydrogen (secondary N) is 1. The molecule has 1 aliphatic rings. The molecule has 0 spiro atoms. The molecule has 2 unspecified atom stereocenters. The van der Waals surface area contributed by atoms with E-state index in [1.54, 1.807) is 0 Å². The van der Waals surface area contributed by atoms with Crippen LogP contribution in [-0.4, -0.2) is 37.6 Å². The van der Waals surface area contributed by atoms with Crippen LogP contribution in [0.2, 0.25) is 0 Å². The van der Waals surface area contributed by atoms with Crippen LogP contribution in [0, 0.1) is 18.3 Å². The minimum Gasteiger partial charge on any atom is -0.315 e. The average molecular weight is 236 g/mol. The maximum absolute atomic E-state index is 5.26. The molecule has 0 saturated heterocycles. The quantitative estimate of drug-likeness (QED) is 0.563. The second kappa shape index (κ2) is 7.03. The highest BCUT2D eigenvalue weighted by Gasteiger charge is 2.36. The minimum absolute atomic E-state index is 0.369. The zero-order chi connectivity index (χ0) is 12.7. The Morgan fingerprint density at radius 3 is 2.82 bits per heavy atom. The van der Waals surface area contributed by atoms with E-state index in [1.165, 1.54) is 25.7 Å². The summed E-state index contributed by atoms with van der Waals surface area (Å²) in [4.78, 5) is 2.43. The number of hydrogen-bond acceptors (Lipinski definition) is 2. The van der Waals surface area contributed by atoms with E-state index in [0.29, 0.717) is 5.54 Å². The summed E-state index contributed by atoms with van der Waals surface area (Å²) in [6, 6.07) is 0. The summed E-state index contributed by atoms with van der Waals surface area (Å²) >= 11 is 0. The molecule has 17 heavy (non-hydrogen) atoms. The molecule has 1 saturated carbocycles. The third-order valence-corrected chi connectivity index (χ3v) is 4.14. The van der Waals surface area contributed by atoms with Crippen molar-refractivity contribution in [3.05, 3.63) is 0 Å². The maximum Gasteiger partial charge on any atom is 0.0330 e. The van der Waals surface area contributed by atoms with Crippen molar-refractivity contribution in [2.24, 2.45) is 5.92 Å². The topological polar surface area (TPSA) is 15.3 Å². The smallest absolute Gasteiger partial charge is 0.0330 e. The van der Waals surface area contributed by atoms with Crippen molar-refractivity contribution in [2.75, 3.05) is 27.2 Å². The molecule has 2 heteroatoms. The van der Waals surface area contributed by atoms with Crippen molar-refractivity contribution in [3.8, 4) is 12.3 Å². The molecule has 2 atom stereocenters. The van der Waals surface area contributed by atoms with Gasteiger partial charge < -0.3 is 10.2 Å². The molecule has 0 aromatic heterocycles. The van der Waals surface area contributed by atoms with E-state index in [0.717, 1.165) is 31.8 Å². The zero-order valence-electron chi connectivity index (χ0n) is 11.8. The number of hydrogen-bond donors (Lipinski definition) is 1. The fraction of sp³-hybridized carbons (Fsp3) is 0.867. The molecule has 0 bridgehead atoms. The van der Waals surface area contributed by atoms with Gasteiger partial charge in [0.1, 0.15) is 0 Å². The molecular formula is C15H28N2. The van der Waals surface area contributed by atoms with Gasteiger partial charge in [0.05, 0.1) is 0 Å². The standard InChI is InChI=1S/C15H28N2/c1-5-6-7-11-16-13-15(17(3)4)10-8-9-14(2)12-15/h1,14,16H,6-13H2,2-4H3. The first-order valence-electron chi connectivity index (χ1n) is 6.92.